The van der Waals surface area contributed by atoms with Crippen LogP contribution in [0.2, 0.25) is 0 Å². The Balaban J connectivity index is 1.79. The van der Waals surface area contributed by atoms with Crippen LogP contribution in [0.5, 0.6) is 0 Å². The van der Waals surface area contributed by atoms with Crippen LogP contribution in [0.4, 0.5) is 5.82 Å². The average Bonchev–Trinajstić information content (AvgIpc) is 3.26. The number of anilines is 1. The molecule has 150 valence electrons. The number of hydrogen-bond acceptors (Lipinski definition) is 5. The Hall–Kier alpha value is -2.90. The van der Waals surface area contributed by atoms with Gasteiger partial charge in [0.15, 0.2) is 5.78 Å². The highest BCUT2D eigenvalue weighted by Crippen LogP contribution is 2.30. The van der Waals surface area contributed by atoms with Crippen LogP contribution in [0.15, 0.2) is 12.3 Å². The van der Waals surface area contributed by atoms with Gasteiger partial charge in [-0.3, -0.25) is 9.59 Å². The molecule has 2 aromatic heterocycles. The van der Waals surface area contributed by atoms with Crippen molar-refractivity contribution >= 4 is 23.5 Å². The zero-order valence-electron chi connectivity index (χ0n) is 16.5. The lowest BCUT2D eigenvalue weighted by atomic mass is 9.96. The number of nitrogens with zero attached hydrogens (tertiary/aromatic N) is 2. The number of Topliss-reactive ketones (excluding diaryl/α,β-unsaturated/α-hetero) is 1. The molecule has 2 N–H and O–H groups in total. The number of amides is 1. The Kier molecular flexibility index (Phi) is 5.96. The molecule has 1 amide bonds. The predicted octanol–water partition coefficient (Wildman–Crippen LogP) is 3.20. The van der Waals surface area contributed by atoms with Gasteiger partial charge in [0.1, 0.15) is 5.82 Å². The topological polar surface area (TPSA) is 106 Å². The van der Waals surface area contributed by atoms with Gasteiger partial charge in [-0.05, 0) is 25.3 Å². The molecule has 0 atom stereocenters. The lowest BCUT2D eigenvalue weighted by molar-refractivity contribution is -0.115. The fraction of sp³-hybridized carbons (Fsp3) is 0.500. The van der Waals surface area contributed by atoms with Gasteiger partial charge in [0.05, 0.1) is 37.0 Å². The maximum atomic E-state index is 12.7. The van der Waals surface area contributed by atoms with Crippen molar-refractivity contribution in [1.82, 2.24) is 14.8 Å². The number of carbonyl (C=O) groups excluding carboxylic acids is 3. The first-order valence-electron chi connectivity index (χ1n) is 9.56. The average molecular weight is 386 g/mol. The van der Waals surface area contributed by atoms with Crippen molar-refractivity contribution in [2.24, 2.45) is 0 Å². The third-order valence-corrected chi connectivity index (χ3v) is 5.26. The number of H-pyrrole nitrogens is 1. The first kappa shape index (κ1) is 19.9. The second-order valence-electron chi connectivity index (χ2n) is 7.20. The Morgan fingerprint density at radius 1 is 1.29 bits per heavy atom. The van der Waals surface area contributed by atoms with Gasteiger partial charge in [0, 0.05) is 18.7 Å². The Labute approximate surface area is 163 Å². The molecular weight excluding hydrogens is 360 g/mol. The summed E-state index contributed by atoms with van der Waals surface area (Å²) in [7, 11) is 1.27. The van der Waals surface area contributed by atoms with Crippen molar-refractivity contribution in [2.75, 3.05) is 12.4 Å². The molecule has 3 rings (SSSR count). The van der Waals surface area contributed by atoms with Crippen LogP contribution in [-0.2, 0) is 16.0 Å². The Morgan fingerprint density at radius 2 is 2.00 bits per heavy atom. The summed E-state index contributed by atoms with van der Waals surface area (Å²) in [5.41, 5.74) is 1.42. The smallest absolute Gasteiger partial charge is 0.339 e. The molecule has 2 heterocycles. The fourth-order valence-electron chi connectivity index (χ4n) is 3.90. The van der Waals surface area contributed by atoms with Crippen molar-refractivity contribution in [3.8, 4) is 0 Å². The van der Waals surface area contributed by atoms with E-state index in [2.05, 4.69) is 15.4 Å². The molecule has 0 aliphatic heterocycles. The highest BCUT2D eigenvalue weighted by atomic mass is 16.5. The molecule has 8 nitrogen and oxygen atoms in total. The van der Waals surface area contributed by atoms with Gasteiger partial charge in [0.2, 0.25) is 5.91 Å². The number of esters is 1. The molecule has 0 bridgehead atoms. The van der Waals surface area contributed by atoms with Gasteiger partial charge >= 0.3 is 5.97 Å². The number of aromatic nitrogens is 3. The summed E-state index contributed by atoms with van der Waals surface area (Å²) in [4.78, 5) is 39.5. The van der Waals surface area contributed by atoms with Crippen LogP contribution in [0, 0.1) is 6.92 Å². The minimum atomic E-state index is -0.573. The molecule has 0 unspecified atom stereocenters. The van der Waals surface area contributed by atoms with Crippen LogP contribution in [0.1, 0.15) is 77.2 Å². The third kappa shape index (κ3) is 4.00. The molecule has 28 heavy (non-hydrogen) atoms. The number of hydrogen-bond donors (Lipinski definition) is 2. The largest absolute Gasteiger partial charge is 0.465 e. The molecule has 1 saturated carbocycles. The molecule has 8 heteroatoms. The standard InChI is InChI=1S/C20H26N4O4/c1-12-18(20(27)28-3)15(22-19(12)13(2)25)11-17(26)23-16-9-10-21-24(16)14-7-5-4-6-8-14/h9-10,14,22H,4-8,11H2,1-3H3,(H,23,26). The van der Waals surface area contributed by atoms with Gasteiger partial charge < -0.3 is 15.0 Å². The first-order valence-corrected chi connectivity index (χ1v) is 9.56. The van der Waals surface area contributed by atoms with Crippen molar-refractivity contribution < 1.29 is 19.1 Å². The highest BCUT2D eigenvalue weighted by Gasteiger charge is 2.25. The molecule has 1 aliphatic rings. The van der Waals surface area contributed by atoms with Gasteiger partial charge in [-0.15, -0.1) is 0 Å². The van der Waals surface area contributed by atoms with Crippen LogP contribution in [0.25, 0.3) is 0 Å². The number of aromatic amines is 1. The van der Waals surface area contributed by atoms with Crippen LogP contribution < -0.4 is 5.32 Å². The van der Waals surface area contributed by atoms with Crippen molar-refractivity contribution in [1.29, 1.82) is 0 Å². The quantitative estimate of drug-likeness (QED) is 0.586. The van der Waals surface area contributed by atoms with Gasteiger partial charge in [-0.1, -0.05) is 19.3 Å². The lowest BCUT2D eigenvalue weighted by Gasteiger charge is -2.23. The number of carbonyl (C=O) groups is 3. The zero-order chi connectivity index (χ0) is 20.3. The number of nitrogens with one attached hydrogen (secondary N) is 2. The fourth-order valence-corrected chi connectivity index (χ4v) is 3.90. The molecule has 0 aromatic carbocycles. The summed E-state index contributed by atoms with van der Waals surface area (Å²) in [5.74, 6) is -0.424. The van der Waals surface area contributed by atoms with Crippen molar-refractivity contribution in [3.05, 3.63) is 34.8 Å². The molecule has 0 saturated heterocycles. The van der Waals surface area contributed by atoms with E-state index >= 15 is 0 Å². The van der Waals surface area contributed by atoms with E-state index in [1.54, 1.807) is 19.2 Å². The lowest BCUT2D eigenvalue weighted by Crippen LogP contribution is -2.22. The summed E-state index contributed by atoms with van der Waals surface area (Å²) in [5, 5.41) is 7.26. The minimum Gasteiger partial charge on any atom is -0.465 e. The van der Waals surface area contributed by atoms with E-state index in [9.17, 15) is 14.4 Å². The zero-order valence-corrected chi connectivity index (χ0v) is 16.5. The summed E-state index contributed by atoms with van der Waals surface area (Å²) >= 11 is 0. The third-order valence-electron chi connectivity index (χ3n) is 5.26. The van der Waals surface area contributed by atoms with Gasteiger partial charge in [-0.2, -0.15) is 5.10 Å². The second-order valence-corrected chi connectivity index (χ2v) is 7.20. The summed E-state index contributed by atoms with van der Waals surface area (Å²) in [6.07, 6.45) is 7.27. The van der Waals surface area contributed by atoms with E-state index in [0.717, 1.165) is 25.7 Å². The molecule has 0 radical (unpaired) electrons. The van der Waals surface area contributed by atoms with E-state index in [4.69, 9.17) is 4.74 Å². The van der Waals surface area contributed by atoms with Gasteiger partial charge in [0.25, 0.3) is 0 Å². The summed E-state index contributed by atoms with van der Waals surface area (Å²) < 4.78 is 6.69. The number of ether oxygens (including phenoxy) is 1. The first-order chi connectivity index (χ1) is 13.4. The van der Waals surface area contributed by atoms with E-state index in [1.807, 2.05) is 4.68 Å². The number of methoxy groups -OCH3 is 1. The molecular formula is C20H26N4O4. The van der Waals surface area contributed by atoms with Crippen LogP contribution in [0.3, 0.4) is 0 Å². The number of ketones is 1. The van der Waals surface area contributed by atoms with Gasteiger partial charge in [-0.25, -0.2) is 9.48 Å². The SMILES string of the molecule is COC(=O)c1c(CC(=O)Nc2ccnn2C2CCCCC2)[nH]c(C(C)=O)c1C. The predicted molar refractivity (Wildman–Crippen MR) is 104 cm³/mol. The summed E-state index contributed by atoms with van der Waals surface area (Å²) in [6.45, 7) is 3.07. The van der Waals surface area contributed by atoms with E-state index in [-0.39, 0.29) is 23.7 Å². The summed E-state index contributed by atoms with van der Waals surface area (Å²) in [6, 6.07) is 2.07. The van der Waals surface area contributed by atoms with Crippen molar-refractivity contribution in [2.45, 2.75) is 58.4 Å². The van der Waals surface area contributed by atoms with Crippen molar-refractivity contribution in [3.63, 3.8) is 0 Å². The normalized spacial score (nSPS) is 14.7. The highest BCUT2D eigenvalue weighted by molar-refractivity contribution is 6.02. The second kappa shape index (κ2) is 8.41. The number of rotatable bonds is 6. The molecule has 1 aliphatic carbocycles. The van der Waals surface area contributed by atoms with E-state index < -0.39 is 5.97 Å². The monoisotopic (exact) mass is 386 g/mol. The van der Waals surface area contributed by atoms with Crippen LogP contribution >= 0.6 is 0 Å². The maximum Gasteiger partial charge on any atom is 0.339 e. The van der Waals surface area contributed by atoms with E-state index in [0.29, 0.717) is 28.8 Å². The Morgan fingerprint density at radius 3 is 2.64 bits per heavy atom. The molecule has 2 aromatic rings. The Bertz CT molecular complexity index is 890. The van der Waals surface area contributed by atoms with E-state index in [1.165, 1.54) is 20.5 Å². The molecule has 1 fully saturated rings. The van der Waals surface area contributed by atoms with Crippen LogP contribution in [-0.4, -0.2) is 39.5 Å². The minimum absolute atomic E-state index is 0.0750. The molecule has 0 spiro atoms. The maximum absolute atomic E-state index is 12.7.